The number of hydrogen-bond donors (Lipinski definition) is 0. The molecule has 142 valence electrons. The predicted octanol–water partition coefficient (Wildman–Crippen LogP) is 3.15. The molecule has 2 aromatic carbocycles. The van der Waals surface area contributed by atoms with Gasteiger partial charge in [-0.05, 0) is 31.4 Å². The molecular weight excluding hydrogens is 336 g/mol. The molecule has 0 atom stereocenters. The molecule has 0 spiro atoms. The second-order valence-corrected chi connectivity index (χ2v) is 7.44. The summed E-state index contributed by atoms with van der Waals surface area (Å²) in [6, 6.07) is 16.2. The zero-order valence-corrected chi connectivity index (χ0v) is 16.3. The summed E-state index contributed by atoms with van der Waals surface area (Å²) in [4.78, 5) is 29.1. The first-order chi connectivity index (χ1) is 13.0. The number of aryl methyl sites for hydroxylation is 2. The SMILES string of the molecule is Cc1ccc(CC(=O)N2CCCN(C(=O)Cc3ccc(C)cc3)CC2)cc1. The van der Waals surface area contributed by atoms with Gasteiger partial charge in [0.2, 0.25) is 11.8 Å². The molecule has 1 saturated heterocycles. The summed E-state index contributed by atoms with van der Waals surface area (Å²) in [5.41, 5.74) is 4.48. The molecule has 1 aliphatic rings. The quantitative estimate of drug-likeness (QED) is 0.836. The minimum absolute atomic E-state index is 0.145. The number of rotatable bonds is 4. The molecule has 3 rings (SSSR count). The van der Waals surface area contributed by atoms with Gasteiger partial charge in [-0.1, -0.05) is 59.7 Å². The Hall–Kier alpha value is -2.62. The summed E-state index contributed by atoms with van der Waals surface area (Å²) in [5, 5.41) is 0. The number of amides is 2. The van der Waals surface area contributed by atoms with Crippen molar-refractivity contribution in [2.45, 2.75) is 33.1 Å². The van der Waals surface area contributed by atoms with Crippen molar-refractivity contribution >= 4 is 11.8 Å². The Kier molecular flexibility index (Phi) is 6.28. The Labute approximate surface area is 161 Å². The van der Waals surface area contributed by atoms with Crippen molar-refractivity contribution in [1.29, 1.82) is 0 Å². The molecule has 4 heteroatoms. The lowest BCUT2D eigenvalue weighted by atomic mass is 10.1. The van der Waals surface area contributed by atoms with Crippen LogP contribution in [0.15, 0.2) is 48.5 Å². The molecule has 2 amide bonds. The van der Waals surface area contributed by atoms with Crippen molar-refractivity contribution in [2.75, 3.05) is 26.2 Å². The molecule has 0 unspecified atom stereocenters. The van der Waals surface area contributed by atoms with Crippen LogP contribution in [-0.4, -0.2) is 47.8 Å². The van der Waals surface area contributed by atoms with E-state index < -0.39 is 0 Å². The van der Waals surface area contributed by atoms with Gasteiger partial charge in [-0.15, -0.1) is 0 Å². The van der Waals surface area contributed by atoms with E-state index in [1.807, 2.05) is 72.2 Å². The molecule has 0 radical (unpaired) electrons. The summed E-state index contributed by atoms with van der Waals surface area (Å²) in [5.74, 6) is 0.290. The normalized spacial score (nSPS) is 14.7. The van der Waals surface area contributed by atoms with E-state index in [1.165, 1.54) is 11.1 Å². The Balaban J connectivity index is 1.53. The van der Waals surface area contributed by atoms with Crippen molar-refractivity contribution < 1.29 is 9.59 Å². The highest BCUT2D eigenvalue weighted by Gasteiger charge is 2.22. The molecule has 0 saturated carbocycles. The standard InChI is InChI=1S/C23H28N2O2/c1-18-4-8-20(9-5-18)16-22(26)24-12-3-13-25(15-14-24)23(27)17-21-10-6-19(2)7-11-21/h4-11H,3,12-17H2,1-2H3. The van der Waals surface area contributed by atoms with Gasteiger partial charge in [0.05, 0.1) is 12.8 Å². The molecule has 27 heavy (non-hydrogen) atoms. The third-order valence-electron chi connectivity index (χ3n) is 5.15. The highest BCUT2D eigenvalue weighted by Crippen LogP contribution is 2.11. The number of carbonyl (C=O) groups excluding carboxylic acids is 2. The molecule has 0 bridgehead atoms. The van der Waals surface area contributed by atoms with Crippen molar-refractivity contribution in [3.05, 3.63) is 70.8 Å². The maximum atomic E-state index is 12.6. The molecule has 0 N–H and O–H groups in total. The minimum Gasteiger partial charge on any atom is -0.341 e. The van der Waals surface area contributed by atoms with Crippen molar-refractivity contribution in [3.63, 3.8) is 0 Å². The van der Waals surface area contributed by atoms with E-state index in [0.29, 0.717) is 25.9 Å². The summed E-state index contributed by atoms with van der Waals surface area (Å²) >= 11 is 0. The van der Waals surface area contributed by atoms with Gasteiger partial charge in [0.1, 0.15) is 0 Å². The Morgan fingerprint density at radius 1 is 0.667 bits per heavy atom. The average Bonchev–Trinajstić information content (AvgIpc) is 2.92. The number of hydrogen-bond acceptors (Lipinski definition) is 2. The summed E-state index contributed by atoms with van der Waals surface area (Å²) in [7, 11) is 0. The zero-order chi connectivity index (χ0) is 19.2. The molecule has 1 fully saturated rings. The lowest BCUT2D eigenvalue weighted by molar-refractivity contribution is -0.132. The topological polar surface area (TPSA) is 40.6 Å². The Bertz CT molecular complexity index is 714. The van der Waals surface area contributed by atoms with Crippen molar-refractivity contribution in [3.8, 4) is 0 Å². The molecule has 1 heterocycles. The average molecular weight is 364 g/mol. The highest BCUT2D eigenvalue weighted by molar-refractivity contribution is 5.80. The molecule has 0 aromatic heterocycles. The van der Waals surface area contributed by atoms with Crippen LogP contribution >= 0.6 is 0 Å². The van der Waals surface area contributed by atoms with Gasteiger partial charge in [0.25, 0.3) is 0 Å². The van der Waals surface area contributed by atoms with E-state index in [-0.39, 0.29) is 11.8 Å². The predicted molar refractivity (Wildman–Crippen MR) is 108 cm³/mol. The third kappa shape index (κ3) is 5.43. The van der Waals surface area contributed by atoms with Gasteiger partial charge < -0.3 is 9.80 Å². The second kappa shape index (κ2) is 8.85. The van der Waals surface area contributed by atoms with Crippen LogP contribution in [0, 0.1) is 13.8 Å². The molecule has 2 aromatic rings. The van der Waals surface area contributed by atoms with E-state index in [1.54, 1.807) is 0 Å². The Morgan fingerprint density at radius 3 is 1.41 bits per heavy atom. The van der Waals surface area contributed by atoms with Gasteiger partial charge in [-0.25, -0.2) is 0 Å². The smallest absolute Gasteiger partial charge is 0.227 e. The van der Waals surface area contributed by atoms with Gasteiger partial charge >= 0.3 is 0 Å². The van der Waals surface area contributed by atoms with Gasteiger partial charge in [-0.2, -0.15) is 0 Å². The highest BCUT2D eigenvalue weighted by atomic mass is 16.2. The lowest BCUT2D eigenvalue weighted by Gasteiger charge is -2.22. The summed E-state index contributed by atoms with van der Waals surface area (Å²) < 4.78 is 0. The van der Waals surface area contributed by atoms with Crippen molar-refractivity contribution in [2.24, 2.45) is 0 Å². The number of benzene rings is 2. The molecule has 0 aliphatic carbocycles. The fourth-order valence-corrected chi connectivity index (χ4v) is 3.40. The zero-order valence-electron chi connectivity index (χ0n) is 16.3. The first-order valence-electron chi connectivity index (χ1n) is 9.68. The fourth-order valence-electron chi connectivity index (χ4n) is 3.40. The second-order valence-electron chi connectivity index (χ2n) is 7.44. The van der Waals surface area contributed by atoms with Gasteiger partial charge in [0, 0.05) is 26.2 Å². The monoisotopic (exact) mass is 364 g/mol. The number of nitrogens with zero attached hydrogens (tertiary/aromatic N) is 2. The summed E-state index contributed by atoms with van der Waals surface area (Å²) in [6.07, 6.45) is 1.69. The Morgan fingerprint density at radius 2 is 1.04 bits per heavy atom. The van der Waals surface area contributed by atoms with E-state index in [9.17, 15) is 9.59 Å². The molecule has 4 nitrogen and oxygen atoms in total. The fraction of sp³-hybridized carbons (Fsp3) is 0.391. The van der Waals surface area contributed by atoms with E-state index in [4.69, 9.17) is 0 Å². The van der Waals surface area contributed by atoms with Crippen LogP contribution in [0.3, 0.4) is 0 Å². The van der Waals surface area contributed by atoms with E-state index >= 15 is 0 Å². The molecule has 1 aliphatic heterocycles. The van der Waals surface area contributed by atoms with Crippen LogP contribution in [0.1, 0.15) is 28.7 Å². The number of carbonyl (C=O) groups is 2. The summed E-state index contributed by atoms with van der Waals surface area (Å²) in [6.45, 7) is 6.76. The van der Waals surface area contributed by atoms with Crippen LogP contribution in [-0.2, 0) is 22.4 Å². The maximum Gasteiger partial charge on any atom is 0.227 e. The third-order valence-corrected chi connectivity index (χ3v) is 5.15. The van der Waals surface area contributed by atoms with Crippen LogP contribution in [0.25, 0.3) is 0 Å². The first kappa shape index (κ1) is 19.2. The van der Waals surface area contributed by atoms with Crippen LogP contribution in [0.5, 0.6) is 0 Å². The largest absolute Gasteiger partial charge is 0.341 e. The molecular formula is C23H28N2O2. The van der Waals surface area contributed by atoms with Crippen molar-refractivity contribution in [1.82, 2.24) is 9.80 Å². The van der Waals surface area contributed by atoms with Crippen LogP contribution in [0.4, 0.5) is 0 Å². The van der Waals surface area contributed by atoms with Gasteiger partial charge in [0.15, 0.2) is 0 Å². The first-order valence-corrected chi connectivity index (χ1v) is 9.68. The lowest BCUT2D eigenvalue weighted by Crippen LogP contribution is -2.38. The van der Waals surface area contributed by atoms with Crippen LogP contribution < -0.4 is 0 Å². The van der Waals surface area contributed by atoms with Crippen LogP contribution in [0.2, 0.25) is 0 Å². The van der Waals surface area contributed by atoms with Gasteiger partial charge in [-0.3, -0.25) is 9.59 Å². The van der Waals surface area contributed by atoms with E-state index in [2.05, 4.69) is 0 Å². The maximum absolute atomic E-state index is 12.6. The van der Waals surface area contributed by atoms with E-state index in [0.717, 1.165) is 30.6 Å². The minimum atomic E-state index is 0.145.